The highest BCUT2D eigenvalue weighted by molar-refractivity contribution is 5.96. The van der Waals surface area contributed by atoms with Crippen LogP contribution in [0.25, 0.3) is 100 Å². The molecule has 15 rings (SSSR count). The van der Waals surface area contributed by atoms with Crippen LogP contribution in [0.5, 0.6) is 0 Å². The molecule has 0 saturated heterocycles. The molecule has 14 aromatic carbocycles. The van der Waals surface area contributed by atoms with Crippen molar-refractivity contribution in [2.24, 2.45) is 0 Å². The predicted molar refractivity (Wildman–Crippen MR) is 377 cm³/mol. The van der Waals surface area contributed by atoms with Crippen molar-refractivity contribution in [2.45, 2.75) is 19.3 Å². The fourth-order valence-corrected chi connectivity index (χ4v) is 13.3. The third-order valence-corrected chi connectivity index (χ3v) is 17.9. The highest BCUT2D eigenvalue weighted by Gasteiger charge is 2.36. The third kappa shape index (κ3) is 10.6. The van der Waals surface area contributed by atoms with Crippen LogP contribution in [-0.4, -0.2) is 0 Å². The lowest BCUT2D eigenvalue weighted by atomic mass is 9.82. The van der Waals surface area contributed by atoms with Gasteiger partial charge >= 0.3 is 0 Å². The Bertz CT molecular complexity index is 4670. The molecule has 2 nitrogen and oxygen atoms in total. The van der Waals surface area contributed by atoms with Crippen molar-refractivity contribution in [3.63, 3.8) is 0 Å². The average molecular weight is 1140 g/mol. The van der Waals surface area contributed by atoms with Crippen molar-refractivity contribution in [2.75, 3.05) is 9.80 Å². The van der Waals surface area contributed by atoms with E-state index in [-0.39, 0.29) is 5.41 Å². The fraction of sp³-hybridized carbons (Fsp3) is 0.0345. The Kier molecular flexibility index (Phi) is 14.4. The Morgan fingerprint density at radius 3 is 0.730 bits per heavy atom. The molecule has 0 amide bonds. The van der Waals surface area contributed by atoms with E-state index in [1.54, 1.807) is 0 Å². The predicted octanol–water partition coefficient (Wildman–Crippen LogP) is 24.3. The van der Waals surface area contributed by atoms with Crippen LogP contribution in [0, 0.1) is 0 Å². The summed E-state index contributed by atoms with van der Waals surface area (Å²) < 4.78 is 0. The summed E-state index contributed by atoms with van der Waals surface area (Å²) in [6.45, 7) is 4.72. The highest BCUT2D eigenvalue weighted by atomic mass is 15.1. The van der Waals surface area contributed by atoms with E-state index in [2.05, 4.69) is 375 Å². The van der Waals surface area contributed by atoms with E-state index in [1.807, 2.05) is 0 Å². The second-order valence-corrected chi connectivity index (χ2v) is 23.7. The number of hydrogen-bond donors (Lipinski definition) is 0. The summed E-state index contributed by atoms with van der Waals surface area (Å²) in [5.41, 5.74) is 30.5. The lowest BCUT2D eigenvalue weighted by Crippen LogP contribution is -2.16. The molecule has 0 N–H and O–H groups in total. The quantitative estimate of drug-likeness (QED) is 0.107. The van der Waals surface area contributed by atoms with E-state index < -0.39 is 0 Å². The van der Waals surface area contributed by atoms with Gasteiger partial charge in [0.05, 0.1) is 0 Å². The summed E-state index contributed by atoms with van der Waals surface area (Å²) in [5, 5.41) is 0. The van der Waals surface area contributed by atoms with E-state index >= 15 is 0 Å². The minimum atomic E-state index is -0.155. The molecule has 0 radical (unpaired) electrons. The standard InChI is InChI=1S/C87H64N2/c1-87(2)85-31-19-18-30-79(85)80-57-56-78(58-86(80)87)89(76-50-40-68(41-51-76)65-34-32-64(33-35-65)61-20-8-3-9-21-61)77-54-44-72(45-55-77)84-60-81(69-26-14-6-15-27-69)83(59-82(84)70-28-16-7-17-29-70)71-42-52-75(53-43-71)88(73-46-36-66(37-47-73)62-22-10-4-11-23-62)74-48-38-67(39-49-74)63-24-12-5-13-25-63/h3-60H,1-2H3. The maximum absolute atomic E-state index is 2.43. The molecule has 0 aromatic heterocycles. The maximum Gasteiger partial charge on any atom is 0.0465 e. The monoisotopic (exact) mass is 1140 g/mol. The Morgan fingerprint density at radius 2 is 0.393 bits per heavy atom. The van der Waals surface area contributed by atoms with Crippen LogP contribution in [0.4, 0.5) is 34.1 Å². The van der Waals surface area contributed by atoms with Crippen molar-refractivity contribution in [1.82, 2.24) is 0 Å². The molecular formula is C87H64N2. The van der Waals surface area contributed by atoms with Gasteiger partial charge in [0.15, 0.2) is 0 Å². The average Bonchev–Trinajstić information content (AvgIpc) is 1.69. The first-order chi connectivity index (χ1) is 43.9. The minimum absolute atomic E-state index is 0.155. The van der Waals surface area contributed by atoms with Crippen molar-refractivity contribution < 1.29 is 0 Å². The third-order valence-electron chi connectivity index (χ3n) is 17.9. The van der Waals surface area contributed by atoms with Gasteiger partial charge in [0.1, 0.15) is 0 Å². The molecule has 0 fully saturated rings. The van der Waals surface area contributed by atoms with Gasteiger partial charge in [-0.05, 0) is 196 Å². The van der Waals surface area contributed by atoms with Crippen molar-refractivity contribution in [3.8, 4) is 100 Å². The van der Waals surface area contributed by atoms with Gasteiger partial charge in [-0.1, -0.05) is 281 Å². The zero-order valence-corrected chi connectivity index (χ0v) is 49.9. The van der Waals surface area contributed by atoms with Crippen LogP contribution >= 0.6 is 0 Å². The smallest absolute Gasteiger partial charge is 0.0465 e. The summed E-state index contributed by atoms with van der Waals surface area (Å²) in [4.78, 5) is 4.78. The largest absolute Gasteiger partial charge is 0.311 e. The SMILES string of the molecule is CC1(C)c2ccccc2-c2ccc(N(c3ccc(-c4ccc(-c5ccccc5)cc4)cc3)c3ccc(-c4cc(-c5ccccc5)c(-c5ccc(N(c6ccc(-c7ccccc7)cc6)c6ccc(-c7ccccc7)cc6)cc5)cc4-c4ccccc4)cc3)cc21. The van der Waals surface area contributed by atoms with Gasteiger partial charge < -0.3 is 9.80 Å². The van der Waals surface area contributed by atoms with Crippen LogP contribution in [-0.2, 0) is 5.41 Å². The molecule has 0 bridgehead atoms. The number of nitrogens with zero attached hydrogens (tertiary/aromatic N) is 2. The van der Waals surface area contributed by atoms with E-state index in [1.165, 1.54) is 77.9 Å². The first-order valence-corrected chi connectivity index (χ1v) is 30.8. The number of benzene rings is 14. The Hall–Kier alpha value is -11.3. The summed E-state index contributed by atoms with van der Waals surface area (Å²) in [7, 11) is 0. The van der Waals surface area contributed by atoms with Crippen LogP contribution in [0.1, 0.15) is 25.0 Å². The van der Waals surface area contributed by atoms with Gasteiger partial charge in [-0.25, -0.2) is 0 Å². The zero-order chi connectivity index (χ0) is 59.7. The van der Waals surface area contributed by atoms with Crippen molar-refractivity contribution in [1.29, 1.82) is 0 Å². The molecule has 422 valence electrons. The zero-order valence-electron chi connectivity index (χ0n) is 49.9. The summed E-state index contributed by atoms with van der Waals surface area (Å²) in [6, 6.07) is 129. The van der Waals surface area contributed by atoms with Gasteiger partial charge in [0.25, 0.3) is 0 Å². The second-order valence-electron chi connectivity index (χ2n) is 23.7. The second kappa shape index (κ2) is 23.5. The topological polar surface area (TPSA) is 6.48 Å². The van der Waals surface area contributed by atoms with Crippen molar-refractivity contribution in [3.05, 3.63) is 363 Å². The number of hydrogen-bond acceptors (Lipinski definition) is 2. The van der Waals surface area contributed by atoms with Crippen LogP contribution in [0.2, 0.25) is 0 Å². The normalized spacial score (nSPS) is 12.0. The molecule has 89 heavy (non-hydrogen) atoms. The molecule has 1 aliphatic carbocycles. The molecule has 14 aromatic rings. The highest BCUT2D eigenvalue weighted by Crippen LogP contribution is 2.51. The Morgan fingerprint density at radius 1 is 0.169 bits per heavy atom. The Labute approximate surface area is 523 Å². The number of rotatable bonds is 14. The lowest BCUT2D eigenvalue weighted by molar-refractivity contribution is 0.660. The first kappa shape index (κ1) is 54.3. The number of fused-ring (bicyclic) bond motifs is 3. The van der Waals surface area contributed by atoms with Gasteiger partial charge in [-0.2, -0.15) is 0 Å². The van der Waals surface area contributed by atoms with Gasteiger partial charge in [0.2, 0.25) is 0 Å². The van der Waals surface area contributed by atoms with Crippen LogP contribution in [0.15, 0.2) is 352 Å². The Balaban J connectivity index is 0.817. The van der Waals surface area contributed by atoms with Crippen molar-refractivity contribution >= 4 is 34.1 Å². The van der Waals surface area contributed by atoms with E-state index in [9.17, 15) is 0 Å². The lowest BCUT2D eigenvalue weighted by Gasteiger charge is -2.28. The molecule has 2 heteroatoms. The van der Waals surface area contributed by atoms with Gasteiger partial charge in [-0.3, -0.25) is 0 Å². The van der Waals surface area contributed by atoms with E-state index in [4.69, 9.17) is 0 Å². The molecule has 0 heterocycles. The number of anilines is 6. The minimum Gasteiger partial charge on any atom is -0.311 e. The molecule has 0 spiro atoms. The molecule has 0 saturated carbocycles. The fourth-order valence-electron chi connectivity index (χ4n) is 13.3. The molecular weight excluding hydrogens is 1070 g/mol. The van der Waals surface area contributed by atoms with Gasteiger partial charge in [0, 0.05) is 39.5 Å². The summed E-state index contributed by atoms with van der Waals surface area (Å²) >= 11 is 0. The van der Waals surface area contributed by atoms with Crippen LogP contribution < -0.4 is 9.80 Å². The molecule has 1 aliphatic rings. The maximum atomic E-state index is 2.43. The van der Waals surface area contributed by atoms with E-state index in [0.717, 1.165) is 67.5 Å². The molecule has 0 unspecified atom stereocenters. The summed E-state index contributed by atoms with van der Waals surface area (Å²) in [6.07, 6.45) is 0. The first-order valence-electron chi connectivity index (χ1n) is 30.8. The van der Waals surface area contributed by atoms with Gasteiger partial charge in [-0.15, -0.1) is 0 Å². The summed E-state index contributed by atoms with van der Waals surface area (Å²) in [5.74, 6) is 0. The molecule has 0 atom stereocenters. The van der Waals surface area contributed by atoms with E-state index in [0.29, 0.717) is 0 Å². The van der Waals surface area contributed by atoms with Crippen LogP contribution in [0.3, 0.4) is 0 Å². The molecule has 0 aliphatic heterocycles.